The summed E-state index contributed by atoms with van der Waals surface area (Å²) in [6, 6.07) is 9.93. The molecule has 4 heteroatoms. The highest BCUT2D eigenvalue weighted by Crippen LogP contribution is 2.25. The molecule has 2 rings (SSSR count). The van der Waals surface area contributed by atoms with Crippen LogP contribution in [0.1, 0.15) is 12.5 Å². The summed E-state index contributed by atoms with van der Waals surface area (Å²) in [4.78, 5) is 4.27. The molecule has 0 amide bonds. The molecule has 92 valence electrons. The van der Waals surface area contributed by atoms with Crippen molar-refractivity contribution in [2.24, 2.45) is 0 Å². The molecule has 0 aliphatic carbocycles. The van der Waals surface area contributed by atoms with Gasteiger partial charge >= 0.3 is 0 Å². The predicted octanol–water partition coefficient (Wildman–Crippen LogP) is 2.55. The summed E-state index contributed by atoms with van der Waals surface area (Å²) in [5.74, 6) is 0. The van der Waals surface area contributed by atoms with E-state index in [1.807, 2.05) is 31.2 Å². The molecular formula is C14H15N3O. The lowest BCUT2D eigenvalue weighted by Gasteiger charge is -2.14. The van der Waals surface area contributed by atoms with Crippen LogP contribution in [0.5, 0.6) is 0 Å². The lowest BCUT2D eigenvalue weighted by Crippen LogP contribution is -2.18. The van der Waals surface area contributed by atoms with Crippen LogP contribution in [0, 0.1) is 11.3 Å². The summed E-state index contributed by atoms with van der Waals surface area (Å²) in [7, 11) is 1.67. The maximum Gasteiger partial charge on any atom is 0.103 e. The van der Waals surface area contributed by atoms with Crippen LogP contribution in [0.4, 0.5) is 5.69 Å². The molecule has 0 saturated carbocycles. The fourth-order valence-electron chi connectivity index (χ4n) is 1.75. The van der Waals surface area contributed by atoms with Crippen molar-refractivity contribution < 1.29 is 4.74 Å². The predicted molar refractivity (Wildman–Crippen MR) is 71.4 cm³/mol. The summed E-state index contributed by atoms with van der Waals surface area (Å²) in [6.07, 6.45) is 1.69. The van der Waals surface area contributed by atoms with E-state index >= 15 is 0 Å². The molecule has 0 aliphatic rings. The molecule has 1 heterocycles. The summed E-state index contributed by atoms with van der Waals surface area (Å²) in [6.45, 7) is 2.63. The first-order valence-corrected chi connectivity index (χ1v) is 5.80. The fraction of sp³-hybridized carbons (Fsp3) is 0.286. The minimum absolute atomic E-state index is 0.0865. The zero-order valence-electron chi connectivity index (χ0n) is 10.5. The van der Waals surface area contributed by atoms with Crippen LogP contribution >= 0.6 is 0 Å². The summed E-state index contributed by atoms with van der Waals surface area (Å²) >= 11 is 0. The number of nitrogens with one attached hydrogen (secondary N) is 1. The van der Waals surface area contributed by atoms with E-state index in [1.54, 1.807) is 13.3 Å². The molecule has 1 N–H and O–H groups in total. The van der Waals surface area contributed by atoms with Gasteiger partial charge in [-0.1, -0.05) is 18.2 Å². The van der Waals surface area contributed by atoms with Crippen LogP contribution < -0.4 is 5.32 Å². The first-order valence-electron chi connectivity index (χ1n) is 5.80. The van der Waals surface area contributed by atoms with E-state index in [4.69, 9.17) is 10.00 Å². The van der Waals surface area contributed by atoms with Gasteiger partial charge in [0.15, 0.2) is 0 Å². The lowest BCUT2D eigenvalue weighted by molar-refractivity contribution is 0.129. The maximum atomic E-state index is 9.14. The van der Waals surface area contributed by atoms with E-state index in [0.717, 1.165) is 16.6 Å². The zero-order chi connectivity index (χ0) is 13.0. The monoisotopic (exact) mass is 241 g/mol. The van der Waals surface area contributed by atoms with Crippen LogP contribution in [-0.2, 0) is 4.74 Å². The number of rotatable bonds is 4. The highest BCUT2D eigenvalue weighted by Gasteiger charge is 2.09. The van der Waals surface area contributed by atoms with Crippen molar-refractivity contribution in [2.75, 3.05) is 19.0 Å². The van der Waals surface area contributed by atoms with E-state index in [-0.39, 0.29) is 6.10 Å². The normalized spacial score (nSPS) is 12.1. The average molecular weight is 241 g/mol. The molecule has 1 atom stereocenters. The van der Waals surface area contributed by atoms with Gasteiger partial charge in [-0.3, -0.25) is 4.98 Å². The number of para-hydroxylation sites is 1. The molecule has 0 aliphatic heterocycles. The van der Waals surface area contributed by atoms with Gasteiger partial charge in [-0.05, 0) is 13.0 Å². The molecule has 0 spiro atoms. The van der Waals surface area contributed by atoms with Crippen LogP contribution in [-0.4, -0.2) is 24.7 Å². The second kappa shape index (κ2) is 5.48. The van der Waals surface area contributed by atoms with E-state index in [2.05, 4.69) is 16.4 Å². The van der Waals surface area contributed by atoms with Crippen molar-refractivity contribution in [2.45, 2.75) is 13.0 Å². The van der Waals surface area contributed by atoms with Crippen molar-refractivity contribution >= 4 is 16.6 Å². The summed E-state index contributed by atoms with van der Waals surface area (Å²) < 4.78 is 5.20. The second-order valence-electron chi connectivity index (χ2n) is 4.10. The number of pyridine rings is 1. The number of aromatic nitrogens is 1. The third-order valence-electron chi connectivity index (χ3n) is 2.86. The first-order chi connectivity index (χ1) is 8.76. The molecule has 2 aromatic rings. The molecule has 1 unspecified atom stereocenters. The number of ether oxygens (including phenoxy) is 1. The Kier molecular flexibility index (Phi) is 3.75. The van der Waals surface area contributed by atoms with Crippen molar-refractivity contribution in [3.63, 3.8) is 0 Å². The minimum Gasteiger partial charge on any atom is -0.381 e. The summed E-state index contributed by atoms with van der Waals surface area (Å²) in [5, 5.41) is 13.4. The van der Waals surface area contributed by atoms with E-state index in [9.17, 15) is 0 Å². The van der Waals surface area contributed by atoms with Crippen molar-refractivity contribution in [3.8, 4) is 6.07 Å². The SMILES string of the molecule is COC(C)CNc1c(C#N)cnc2ccccc12. The Morgan fingerprint density at radius 2 is 2.22 bits per heavy atom. The van der Waals surface area contributed by atoms with Crippen LogP contribution in [0.2, 0.25) is 0 Å². The van der Waals surface area contributed by atoms with Crippen LogP contribution in [0.15, 0.2) is 30.5 Å². The number of fused-ring (bicyclic) bond motifs is 1. The average Bonchev–Trinajstić information content (AvgIpc) is 2.44. The molecule has 18 heavy (non-hydrogen) atoms. The second-order valence-corrected chi connectivity index (χ2v) is 4.10. The lowest BCUT2D eigenvalue weighted by atomic mass is 10.1. The number of hydrogen-bond acceptors (Lipinski definition) is 4. The van der Waals surface area contributed by atoms with Gasteiger partial charge < -0.3 is 10.1 Å². The quantitative estimate of drug-likeness (QED) is 0.893. The highest BCUT2D eigenvalue weighted by molar-refractivity contribution is 5.93. The molecule has 0 bridgehead atoms. The standard InChI is InChI=1S/C14H15N3O/c1-10(18-2)8-17-14-11(7-15)9-16-13-6-4-3-5-12(13)14/h3-6,9-10H,8H2,1-2H3,(H,16,17). The Morgan fingerprint density at radius 3 is 2.94 bits per heavy atom. The number of methoxy groups -OCH3 is 1. The van der Waals surface area contributed by atoms with Gasteiger partial charge in [0.1, 0.15) is 6.07 Å². The molecule has 1 aromatic heterocycles. The molecule has 0 fully saturated rings. The largest absolute Gasteiger partial charge is 0.381 e. The van der Waals surface area contributed by atoms with Crippen LogP contribution in [0.25, 0.3) is 10.9 Å². The molecular weight excluding hydrogens is 226 g/mol. The fourth-order valence-corrected chi connectivity index (χ4v) is 1.75. The minimum atomic E-state index is 0.0865. The Morgan fingerprint density at radius 1 is 1.44 bits per heavy atom. The van der Waals surface area contributed by atoms with Crippen LogP contribution in [0.3, 0.4) is 0 Å². The van der Waals surface area contributed by atoms with E-state index in [1.165, 1.54) is 0 Å². The Labute approximate surface area is 106 Å². The zero-order valence-corrected chi connectivity index (χ0v) is 10.5. The molecule has 0 saturated heterocycles. The van der Waals surface area contributed by atoms with Crippen molar-refractivity contribution in [1.29, 1.82) is 5.26 Å². The van der Waals surface area contributed by atoms with Gasteiger partial charge in [0.25, 0.3) is 0 Å². The van der Waals surface area contributed by atoms with Gasteiger partial charge in [-0.2, -0.15) is 5.26 Å². The molecule has 0 radical (unpaired) electrons. The third kappa shape index (κ3) is 2.41. The van der Waals surface area contributed by atoms with Gasteiger partial charge in [0.05, 0.1) is 22.9 Å². The Bertz CT molecular complexity index is 589. The van der Waals surface area contributed by atoms with Crippen molar-refractivity contribution in [3.05, 3.63) is 36.0 Å². The van der Waals surface area contributed by atoms with Gasteiger partial charge in [-0.15, -0.1) is 0 Å². The van der Waals surface area contributed by atoms with E-state index < -0.39 is 0 Å². The van der Waals surface area contributed by atoms with Gasteiger partial charge in [0.2, 0.25) is 0 Å². The molecule has 4 nitrogen and oxygen atoms in total. The number of benzene rings is 1. The Balaban J connectivity index is 2.42. The number of nitriles is 1. The number of nitrogens with zero attached hydrogens (tertiary/aromatic N) is 2. The van der Waals surface area contributed by atoms with E-state index in [0.29, 0.717) is 12.1 Å². The number of anilines is 1. The Hall–Kier alpha value is -2.12. The summed E-state index contributed by atoms with van der Waals surface area (Å²) in [5.41, 5.74) is 2.26. The maximum absolute atomic E-state index is 9.14. The molecule has 1 aromatic carbocycles. The van der Waals surface area contributed by atoms with Gasteiger partial charge in [-0.25, -0.2) is 0 Å². The van der Waals surface area contributed by atoms with Gasteiger partial charge in [0, 0.05) is 25.2 Å². The third-order valence-corrected chi connectivity index (χ3v) is 2.86. The highest BCUT2D eigenvalue weighted by atomic mass is 16.5. The number of hydrogen-bond donors (Lipinski definition) is 1. The van der Waals surface area contributed by atoms with Crippen molar-refractivity contribution in [1.82, 2.24) is 4.98 Å². The smallest absolute Gasteiger partial charge is 0.103 e. The first kappa shape index (κ1) is 12.3. The topological polar surface area (TPSA) is 57.9 Å².